The van der Waals surface area contributed by atoms with E-state index >= 15 is 0 Å². The monoisotopic (exact) mass is 365 g/mol. The molecular formula is C14H12ClN5OS2. The molecule has 0 radical (unpaired) electrons. The van der Waals surface area contributed by atoms with E-state index in [0.29, 0.717) is 16.7 Å². The number of rotatable bonds is 4. The van der Waals surface area contributed by atoms with E-state index in [1.807, 2.05) is 31.2 Å². The Hall–Kier alpha value is -1.90. The standard InChI is InChI=1S/C14H12ClN5OS2/c1-2-16-12(21)18-13-19-20-14(23-13)22-11-5-6-17-10-7-8(15)3-4-9(10)11/h3-7H,2H2,1H3,(H2,16,18,19,21). The van der Waals surface area contributed by atoms with Crippen molar-refractivity contribution in [2.75, 3.05) is 11.9 Å². The first kappa shape index (κ1) is 16.0. The van der Waals surface area contributed by atoms with Crippen molar-refractivity contribution in [3.63, 3.8) is 0 Å². The number of pyridine rings is 1. The molecule has 0 fully saturated rings. The van der Waals surface area contributed by atoms with Gasteiger partial charge in [-0.05, 0) is 25.1 Å². The molecule has 6 nitrogen and oxygen atoms in total. The van der Waals surface area contributed by atoms with Gasteiger partial charge in [-0.1, -0.05) is 40.8 Å². The normalized spacial score (nSPS) is 10.7. The number of carbonyl (C=O) groups is 1. The molecule has 2 N–H and O–H groups in total. The maximum absolute atomic E-state index is 11.5. The molecule has 0 aliphatic carbocycles. The van der Waals surface area contributed by atoms with Gasteiger partial charge in [-0.15, -0.1) is 10.2 Å². The first-order valence-electron chi connectivity index (χ1n) is 6.76. The fraction of sp³-hybridized carbons (Fsp3) is 0.143. The first-order valence-corrected chi connectivity index (χ1v) is 8.77. The SMILES string of the molecule is CCNC(=O)Nc1nnc(Sc2ccnc3cc(Cl)ccc23)s1. The summed E-state index contributed by atoms with van der Waals surface area (Å²) in [6.07, 6.45) is 1.73. The van der Waals surface area contributed by atoms with Gasteiger partial charge in [0.15, 0.2) is 4.34 Å². The molecule has 118 valence electrons. The topological polar surface area (TPSA) is 79.8 Å². The van der Waals surface area contributed by atoms with E-state index in [-0.39, 0.29) is 6.03 Å². The van der Waals surface area contributed by atoms with Crippen LogP contribution in [0.2, 0.25) is 5.02 Å². The Labute approximate surface area is 145 Å². The maximum Gasteiger partial charge on any atom is 0.321 e. The van der Waals surface area contributed by atoms with Crippen molar-refractivity contribution in [2.45, 2.75) is 16.2 Å². The zero-order chi connectivity index (χ0) is 16.2. The van der Waals surface area contributed by atoms with E-state index < -0.39 is 0 Å². The third kappa shape index (κ3) is 3.90. The van der Waals surface area contributed by atoms with Crippen LogP contribution in [-0.2, 0) is 0 Å². The van der Waals surface area contributed by atoms with Gasteiger partial charge in [0, 0.05) is 28.0 Å². The van der Waals surface area contributed by atoms with Gasteiger partial charge in [-0.2, -0.15) is 0 Å². The molecule has 23 heavy (non-hydrogen) atoms. The summed E-state index contributed by atoms with van der Waals surface area (Å²) in [6.45, 7) is 2.40. The van der Waals surface area contributed by atoms with Gasteiger partial charge in [0.2, 0.25) is 5.13 Å². The third-order valence-electron chi connectivity index (χ3n) is 2.83. The van der Waals surface area contributed by atoms with Crippen LogP contribution in [0, 0.1) is 0 Å². The zero-order valence-electron chi connectivity index (χ0n) is 12.0. The highest BCUT2D eigenvalue weighted by Gasteiger charge is 2.11. The van der Waals surface area contributed by atoms with Crippen LogP contribution in [0.15, 0.2) is 39.7 Å². The second-order valence-electron chi connectivity index (χ2n) is 4.43. The van der Waals surface area contributed by atoms with E-state index in [9.17, 15) is 4.79 Å². The number of fused-ring (bicyclic) bond motifs is 1. The lowest BCUT2D eigenvalue weighted by molar-refractivity contribution is 0.252. The minimum atomic E-state index is -0.288. The Bertz CT molecular complexity index is 854. The van der Waals surface area contributed by atoms with Gasteiger partial charge in [-0.25, -0.2) is 4.79 Å². The number of benzene rings is 1. The van der Waals surface area contributed by atoms with Gasteiger partial charge in [0.05, 0.1) is 5.52 Å². The predicted octanol–water partition coefficient (Wildman–Crippen LogP) is 4.03. The molecule has 0 saturated heterocycles. The Morgan fingerprint density at radius 2 is 2.22 bits per heavy atom. The number of urea groups is 1. The van der Waals surface area contributed by atoms with Crippen LogP contribution in [0.5, 0.6) is 0 Å². The average molecular weight is 366 g/mol. The summed E-state index contributed by atoms with van der Waals surface area (Å²) in [5.41, 5.74) is 0.827. The summed E-state index contributed by atoms with van der Waals surface area (Å²) in [5.74, 6) is 0. The second kappa shape index (κ2) is 7.12. The largest absolute Gasteiger partial charge is 0.338 e. The summed E-state index contributed by atoms with van der Waals surface area (Å²) < 4.78 is 0.735. The molecule has 0 unspecified atom stereocenters. The number of nitrogens with one attached hydrogen (secondary N) is 2. The minimum absolute atomic E-state index is 0.288. The highest BCUT2D eigenvalue weighted by atomic mass is 35.5. The smallest absolute Gasteiger partial charge is 0.321 e. The molecule has 3 aromatic rings. The molecule has 9 heteroatoms. The number of hydrogen-bond acceptors (Lipinski definition) is 6. The van der Waals surface area contributed by atoms with Gasteiger partial charge < -0.3 is 5.32 Å². The van der Waals surface area contributed by atoms with Crippen molar-refractivity contribution in [3.8, 4) is 0 Å². The zero-order valence-corrected chi connectivity index (χ0v) is 14.4. The Balaban J connectivity index is 1.80. The summed E-state index contributed by atoms with van der Waals surface area (Å²) in [5, 5.41) is 15.5. The Kier molecular flexibility index (Phi) is 4.94. The highest BCUT2D eigenvalue weighted by Crippen LogP contribution is 2.36. The van der Waals surface area contributed by atoms with E-state index in [0.717, 1.165) is 20.1 Å². The van der Waals surface area contributed by atoms with Crippen LogP contribution in [0.1, 0.15) is 6.92 Å². The Morgan fingerprint density at radius 1 is 1.35 bits per heavy atom. The van der Waals surface area contributed by atoms with E-state index in [4.69, 9.17) is 11.6 Å². The molecule has 2 aromatic heterocycles. The van der Waals surface area contributed by atoms with Crippen LogP contribution < -0.4 is 10.6 Å². The molecule has 0 aliphatic heterocycles. The fourth-order valence-electron chi connectivity index (χ4n) is 1.88. The number of halogens is 1. The highest BCUT2D eigenvalue weighted by molar-refractivity contribution is 8.01. The Morgan fingerprint density at radius 3 is 3.04 bits per heavy atom. The second-order valence-corrected chi connectivity index (χ2v) is 7.13. The molecule has 0 atom stereocenters. The van der Waals surface area contributed by atoms with E-state index in [1.165, 1.54) is 23.1 Å². The van der Waals surface area contributed by atoms with Gasteiger partial charge in [0.25, 0.3) is 0 Å². The molecule has 0 spiro atoms. The molecule has 1 aromatic carbocycles. The van der Waals surface area contributed by atoms with Crippen molar-refractivity contribution in [2.24, 2.45) is 0 Å². The van der Waals surface area contributed by atoms with Gasteiger partial charge in [0.1, 0.15) is 0 Å². The maximum atomic E-state index is 11.5. The van der Waals surface area contributed by atoms with E-state index in [2.05, 4.69) is 25.8 Å². The number of aromatic nitrogens is 3. The molecule has 2 heterocycles. The molecule has 0 saturated carbocycles. The molecule has 2 amide bonds. The number of amides is 2. The van der Waals surface area contributed by atoms with Crippen molar-refractivity contribution in [3.05, 3.63) is 35.5 Å². The average Bonchev–Trinajstić information content (AvgIpc) is 2.94. The minimum Gasteiger partial charge on any atom is -0.338 e. The summed E-state index contributed by atoms with van der Waals surface area (Å²) in [6, 6.07) is 7.21. The molecular weight excluding hydrogens is 354 g/mol. The molecule has 0 bridgehead atoms. The van der Waals surface area contributed by atoms with Crippen molar-refractivity contribution < 1.29 is 4.79 Å². The lowest BCUT2D eigenvalue weighted by Crippen LogP contribution is -2.28. The summed E-state index contributed by atoms with van der Waals surface area (Å²) >= 11 is 8.79. The number of nitrogens with zero attached hydrogens (tertiary/aromatic N) is 3. The molecule has 3 rings (SSSR count). The summed E-state index contributed by atoms with van der Waals surface area (Å²) in [7, 11) is 0. The van der Waals surface area contributed by atoms with Crippen LogP contribution in [-0.4, -0.2) is 27.8 Å². The van der Waals surface area contributed by atoms with Crippen molar-refractivity contribution in [1.82, 2.24) is 20.5 Å². The van der Waals surface area contributed by atoms with Crippen LogP contribution >= 0.6 is 34.7 Å². The fourth-order valence-corrected chi connectivity index (χ4v) is 3.87. The molecule has 0 aliphatic rings. The predicted molar refractivity (Wildman–Crippen MR) is 93.5 cm³/mol. The lowest BCUT2D eigenvalue weighted by Gasteiger charge is -2.03. The van der Waals surface area contributed by atoms with Crippen LogP contribution in [0.4, 0.5) is 9.93 Å². The van der Waals surface area contributed by atoms with Gasteiger partial charge in [-0.3, -0.25) is 10.3 Å². The number of anilines is 1. The van der Waals surface area contributed by atoms with Crippen molar-refractivity contribution in [1.29, 1.82) is 0 Å². The number of carbonyl (C=O) groups excluding carboxylic acids is 1. The first-order chi connectivity index (χ1) is 11.2. The quantitative estimate of drug-likeness (QED) is 0.682. The third-order valence-corrected chi connectivity index (χ3v) is 5.03. The van der Waals surface area contributed by atoms with Gasteiger partial charge >= 0.3 is 6.03 Å². The van der Waals surface area contributed by atoms with Crippen LogP contribution in [0.3, 0.4) is 0 Å². The van der Waals surface area contributed by atoms with Crippen LogP contribution in [0.25, 0.3) is 10.9 Å². The lowest BCUT2D eigenvalue weighted by atomic mass is 10.2. The number of hydrogen-bond donors (Lipinski definition) is 2. The van der Waals surface area contributed by atoms with Crippen molar-refractivity contribution >= 4 is 56.8 Å². The summed E-state index contributed by atoms with van der Waals surface area (Å²) in [4.78, 5) is 16.8. The van der Waals surface area contributed by atoms with E-state index in [1.54, 1.807) is 6.20 Å².